The summed E-state index contributed by atoms with van der Waals surface area (Å²) in [5.41, 5.74) is -0.730. The lowest BCUT2D eigenvalue weighted by Gasteiger charge is -2.24. The number of rotatable bonds is 3. The van der Waals surface area contributed by atoms with Gasteiger partial charge in [0.1, 0.15) is 10.3 Å². The van der Waals surface area contributed by atoms with Crippen LogP contribution < -0.4 is 10.9 Å². The van der Waals surface area contributed by atoms with Crippen LogP contribution in [0.5, 0.6) is 0 Å². The van der Waals surface area contributed by atoms with Crippen molar-refractivity contribution in [3.05, 3.63) is 21.2 Å². The van der Waals surface area contributed by atoms with E-state index in [1.807, 2.05) is 13.8 Å². The molecule has 0 saturated heterocycles. The third-order valence-electron chi connectivity index (χ3n) is 2.22. The monoisotopic (exact) mass is 269 g/mol. The summed E-state index contributed by atoms with van der Waals surface area (Å²) < 4.78 is 0.361. The Bertz CT molecular complexity index is 449. The van der Waals surface area contributed by atoms with Crippen molar-refractivity contribution in [1.82, 2.24) is 9.97 Å². The molecule has 1 unspecified atom stereocenters. The van der Waals surface area contributed by atoms with Crippen LogP contribution in [0.2, 0.25) is 0 Å². The Morgan fingerprint density at radius 3 is 3.00 bits per heavy atom. The molecular weight excluding hydrogens is 258 g/mol. The van der Waals surface area contributed by atoms with Gasteiger partial charge >= 0.3 is 0 Å². The van der Waals surface area contributed by atoms with E-state index in [2.05, 4.69) is 37.1 Å². The first kappa shape index (κ1) is 11.8. The van der Waals surface area contributed by atoms with Gasteiger partial charge in [0.15, 0.2) is 0 Å². The Hall–Kier alpha value is -1.28. The first-order valence-electron chi connectivity index (χ1n) is 4.51. The van der Waals surface area contributed by atoms with Crippen LogP contribution in [-0.2, 0) is 0 Å². The van der Waals surface area contributed by atoms with Crippen LogP contribution in [0.4, 0.5) is 5.82 Å². The second-order valence-electron chi connectivity index (χ2n) is 3.35. The second kappa shape index (κ2) is 4.49. The predicted octanol–water partition coefficient (Wildman–Crippen LogP) is 1.75. The lowest BCUT2D eigenvalue weighted by atomic mass is 10.0. The molecule has 80 valence electrons. The number of nitrogens with one attached hydrogen (secondary N) is 2. The maximum absolute atomic E-state index is 11.3. The summed E-state index contributed by atoms with van der Waals surface area (Å²) in [7, 11) is 0. The van der Waals surface area contributed by atoms with Crippen LogP contribution in [-0.4, -0.2) is 15.5 Å². The van der Waals surface area contributed by atoms with Crippen LogP contribution in [0.25, 0.3) is 0 Å². The van der Waals surface area contributed by atoms with Crippen LogP contribution in [0.3, 0.4) is 0 Å². The van der Waals surface area contributed by atoms with Crippen molar-refractivity contribution in [3.63, 3.8) is 0 Å². The molecule has 1 aromatic rings. The van der Waals surface area contributed by atoms with Crippen LogP contribution >= 0.6 is 15.9 Å². The Kier molecular flexibility index (Phi) is 3.53. The zero-order chi connectivity index (χ0) is 11.5. The fourth-order valence-corrected chi connectivity index (χ4v) is 1.27. The number of H-pyrrole nitrogens is 1. The molecule has 5 heteroatoms. The molecule has 0 aliphatic heterocycles. The van der Waals surface area contributed by atoms with Gasteiger partial charge in [0.2, 0.25) is 0 Å². The smallest absolute Gasteiger partial charge is 0.267 e. The molecule has 15 heavy (non-hydrogen) atoms. The lowest BCUT2D eigenvalue weighted by Crippen LogP contribution is -2.33. The lowest BCUT2D eigenvalue weighted by molar-refractivity contribution is 0.630. The topological polar surface area (TPSA) is 57.8 Å². The fraction of sp³-hybridized carbons (Fsp3) is 0.400. The summed E-state index contributed by atoms with van der Waals surface area (Å²) in [5.74, 6) is 3.10. The highest BCUT2D eigenvalue weighted by Crippen LogP contribution is 2.20. The van der Waals surface area contributed by atoms with Crippen molar-refractivity contribution >= 4 is 21.7 Å². The van der Waals surface area contributed by atoms with Crippen molar-refractivity contribution in [3.8, 4) is 12.3 Å². The summed E-state index contributed by atoms with van der Waals surface area (Å²) in [6.07, 6.45) is 7.49. The highest BCUT2D eigenvalue weighted by Gasteiger charge is 2.20. The minimum absolute atomic E-state index is 0.233. The minimum Gasteiger partial charge on any atom is -0.353 e. The third-order valence-corrected chi connectivity index (χ3v) is 2.95. The number of hydrogen-bond acceptors (Lipinski definition) is 3. The number of nitrogens with zero attached hydrogens (tertiary/aromatic N) is 1. The second-order valence-corrected chi connectivity index (χ2v) is 4.14. The van der Waals surface area contributed by atoms with Gasteiger partial charge in [-0.1, -0.05) is 12.8 Å². The molecular formula is C10H12BrN3O. The van der Waals surface area contributed by atoms with E-state index in [4.69, 9.17) is 6.42 Å². The molecule has 0 radical (unpaired) electrons. The number of hydrogen-bond donors (Lipinski definition) is 2. The molecule has 0 aromatic carbocycles. The molecule has 0 fully saturated rings. The zero-order valence-corrected chi connectivity index (χ0v) is 10.2. The molecule has 0 bridgehead atoms. The number of aromatic nitrogens is 2. The van der Waals surface area contributed by atoms with Crippen LogP contribution in [0.1, 0.15) is 20.3 Å². The van der Waals surface area contributed by atoms with Crippen molar-refractivity contribution < 1.29 is 0 Å². The normalized spacial score (nSPS) is 14.0. The first-order chi connectivity index (χ1) is 7.02. The first-order valence-corrected chi connectivity index (χ1v) is 5.31. The van der Waals surface area contributed by atoms with Gasteiger partial charge in [-0.25, -0.2) is 4.98 Å². The summed E-state index contributed by atoms with van der Waals surface area (Å²) >= 11 is 3.15. The molecule has 0 aliphatic rings. The molecule has 2 N–H and O–H groups in total. The van der Waals surface area contributed by atoms with Gasteiger partial charge in [0.25, 0.3) is 5.56 Å². The molecule has 0 saturated carbocycles. The third kappa shape index (κ3) is 2.60. The van der Waals surface area contributed by atoms with Crippen LogP contribution in [0, 0.1) is 12.3 Å². The molecule has 0 spiro atoms. The van der Waals surface area contributed by atoms with Crippen LogP contribution in [0.15, 0.2) is 15.6 Å². The number of halogens is 1. The molecule has 0 aliphatic carbocycles. The van der Waals surface area contributed by atoms with E-state index in [-0.39, 0.29) is 5.56 Å². The maximum Gasteiger partial charge on any atom is 0.267 e. The molecule has 0 amide bonds. The fourth-order valence-electron chi connectivity index (χ4n) is 0.958. The maximum atomic E-state index is 11.3. The van der Waals surface area contributed by atoms with Gasteiger partial charge in [-0.05, 0) is 29.3 Å². The molecule has 1 atom stereocenters. The van der Waals surface area contributed by atoms with E-state index >= 15 is 0 Å². The zero-order valence-electron chi connectivity index (χ0n) is 8.60. The minimum atomic E-state index is -0.497. The van der Waals surface area contributed by atoms with Gasteiger partial charge in [0, 0.05) is 0 Å². The highest BCUT2D eigenvalue weighted by molar-refractivity contribution is 9.10. The number of aromatic amines is 1. The quantitative estimate of drug-likeness (QED) is 0.822. The summed E-state index contributed by atoms with van der Waals surface area (Å²) in [5, 5.41) is 3.05. The molecule has 1 aromatic heterocycles. The van der Waals surface area contributed by atoms with E-state index in [9.17, 15) is 4.79 Å². The van der Waals surface area contributed by atoms with Crippen molar-refractivity contribution in [1.29, 1.82) is 0 Å². The van der Waals surface area contributed by atoms with E-state index in [0.29, 0.717) is 10.3 Å². The molecule has 4 nitrogen and oxygen atoms in total. The Labute approximate surface area is 96.6 Å². The largest absolute Gasteiger partial charge is 0.353 e. The van der Waals surface area contributed by atoms with Crippen molar-refractivity contribution in [2.45, 2.75) is 25.8 Å². The predicted molar refractivity (Wildman–Crippen MR) is 63.7 cm³/mol. The summed E-state index contributed by atoms with van der Waals surface area (Å²) in [6, 6.07) is 0. The highest BCUT2D eigenvalue weighted by atomic mass is 79.9. The standard InChI is InChI=1S/C10H12BrN3O/c1-4-10(3,5-2)14-8-7(11)9(15)13-6-12-8/h1,6H,5H2,2-3H3,(H2,12,13,14,15). The average Bonchev–Trinajstić information content (AvgIpc) is 2.25. The van der Waals surface area contributed by atoms with Gasteiger partial charge < -0.3 is 10.3 Å². The number of anilines is 1. The van der Waals surface area contributed by atoms with Gasteiger partial charge in [-0.2, -0.15) is 0 Å². The average molecular weight is 270 g/mol. The van der Waals surface area contributed by atoms with Gasteiger partial charge in [-0.3, -0.25) is 4.79 Å². The molecule has 1 rings (SSSR count). The Balaban J connectivity index is 3.06. The SMILES string of the molecule is C#CC(C)(CC)Nc1nc[nH]c(=O)c1Br. The summed E-state index contributed by atoms with van der Waals surface area (Å²) in [4.78, 5) is 17.7. The van der Waals surface area contributed by atoms with E-state index in [1.165, 1.54) is 6.33 Å². The summed E-state index contributed by atoms with van der Waals surface area (Å²) in [6.45, 7) is 3.84. The van der Waals surface area contributed by atoms with Gasteiger partial charge in [-0.15, -0.1) is 6.42 Å². The Morgan fingerprint density at radius 2 is 2.47 bits per heavy atom. The van der Waals surface area contributed by atoms with Crippen molar-refractivity contribution in [2.75, 3.05) is 5.32 Å². The Morgan fingerprint density at radius 1 is 1.80 bits per heavy atom. The number of terminal acetylenes is 1. The van der Waals surface area contributed by atoms with E-state index < -0.39 is 5.54 Å². The van der Waals surface area contributed by atoms with Crippen molar-refractivity contribution in [2.24, 2.45) is 0 Å². The van der Waals surface area contributed by atoms with E-state index in [1.54, 1.807) is 0 Å². The molecule has 1 heterocycles. The van der Waals surface area contributed by atoms with Gasteiger partial charge in [0.05, 0.1) is 11.9 Å². The van der Waals surface area contributed by atoms with E-state index in [0.717, 1.165) is 6.42 Å².